The molecule has 0 spiro atoms. The molecule has 21 heavy (non-hydrogen) atoms. The molecule has 0 bridgehead atoms. The summed E-state index contributed by atoms with van der Waals surface area (Å²) in [5.74, 6) is 0. The minimum Gasteiger partial charge on any atom is -0.269 e. The third-order valence-electron chi connectivity index (χ3n) is 2.89. The number of nitrogens with zero attached hydrogens (tertiary/aromatic N) is 3. The number of nitro benzene ring substituents is 1. The molecule has 3 rings (SSSR count). The lowest BCUT2D eigenvalue weighted by atomic mass is 10.1. The number of fused-ring (bicyclic) bond motifs is 1. The van der Waals surface area contributed by atoms with Crippen LogP contribution >= 0.6 is 11.3 Å². The summed E-state index contributed by atoms with van der Waals surface area (Å²) in [4.78, 5) is 27.2. The van der Waals surface area contributed by atoms with E-state index in [0.29, 0.717) is 16.2 Å². The molecule has 0 saturated carbocycles. The monoisotopic (exact) mass is 299 g/mol. The third kappa shape index (κ3) is 2.59. The topological polar surface area (TPSA) is 77.5 Å². The molecule has 0 unspecified atom stereocenters. The molecular formula is C14H9N3O3S. The van der Waals surface area contributed by atoms with E-state index >= 15 is 0 Å². The van der Waals surface area contributed by atoms with Crippen molar-refractivity contribution in [1.82, 2.24) is 9.38 Å². The van der Waals surface area contributed by atoms with Crippen molar-refractivity contribution in [3.8, 4) is 0 Å². The molecule has 2 aromatic heterocycles. The van der Waals surface area contributed by atoms with E-state index in [1.807, 2.05) is 0 Å². The van der Waals surface area contributed by atoms with Crippen molar-refractivity contribution < 1.29 is 4.92 Å². The van der Waals surface area contributed by atoms with Crippen LogP contribution in [-0.2, 0) is 0 Å². The van der Waals surface area contributed by atoms with E-state index in [9.17, 15) is 14.9 Å². The Morgan fingerprint density at radius 2 is 2.10 bits per heavy atom. The zero-order chi connectivity index (χ0) is 14.8. The maximum atomic E-state index is 11.8. The highest BCUT2D eigenvalue weighted by Crippen LogP contribution is 2.20. The zero-order valence-electron chi connectivity index (χ0n) is 10.7. The van der Waals surface area contributed by atoms with Gasteiger partial charge in [-0.15, -0.1) is 11.3 Å². The van der Waals surface area contributed by atoms with Gasteiger partial charge in [-0.25, -0.2) is 4.98 Å². The molecule has 3 aromatic rings. The van der Waals surface area contributed by atoms with Crippen molar-refractivity contribution in [2.24, 2.45) is 0 Å². The number of para-hydroxylation sites is 1. The van der Waals surface area contributed by atoms with Crippen LogP contribution in [0.5, 0.6) is 0 Å². The summed E-state index contributed by atoms with van der Waals surface area (Å²) in [6.07, 6.45) is 4.85. The third-order valence-corrected chi connectivity index (χ3v) is 3.65. The fourth-order valence-corrected chi connectivity index (χ4v) is 2.64. The van der Waals surface area contributed by atoms with Crippen molar-refractivity contribution in [1.29, 1.82) is 0 Å². The van der Waals surface area contributed by atoms with Crippen LogP contribution in [0.2, 0.25) is 0 Å². The second-order valence-electron chi connectivity index (χ2n) is 4.22. The average Bonchev–Trinajstić information content (AvgIpc) is 2.94. The van der Waals surface area contributed by atoms with Gasteiger partial charge < -0.3 is 0 Å². The highest BCUT2D eigenvalue weighted by Gasteiger charge is 2.09. The Labute approximate surface area is 122 Å². The second-order valence-corrected chi connectivity index (χ2v) is 5.10. The molecule has 0 atom stereocenters. The molecule has 104 valence electrons. The fraction of sp³-hybridized carbons (Fsp3) is 0. The van der Waals surface area contributed by atoms with Crippen LogP contribution in [0.25, 0.3) is 17.1 Å². The number of hydrogen-bond donors (Lipinski definition) is 0. The minimum absolute atomic E-state index is 0.0164. The van der Waals surface area contributed by atoms with Crippen LogP contribution in [0.4, 0.5) is 5.69 Å². The summed E-state index contributed by atoms with van der Waals surface area (Å²) in [5, 5.41) is 12.7. The standard InChI is InChI=1S/C14H9N3O3S/c18-13-9-11(15-14-16(13)7-8-21-14)6-5-10-3-1-2-4-12(10)17(19)20/h1-9H. The van der Waals surface area contributed by atoms with Crippen molar-refractivity contribution in [3.63, 3.8) is 0 Å². The van der Waals surface area contributed by atoms with Crippen LogP contribution in [0.15, 0.2) is 46.7 Å². The first-order valence-corrected chi connectivity index (χ1v) is 6.91. The summed E-state index contributed by atoms with van der Waals surface area (Å²) in [5.41, 5.74) is 0.780. The Balaban J connectivity index is 2.02. The first-order chi connectivity index (χ1) is 10.1. The summed E-state index contributed by atoms with van der Waals surface area (Å²) < 4.78 is 1.45. The van der Waals surface area contributed by atoms with Gasteiger partial charge in [-0.2, -0.15) is 0 Å². The van der Waals surface area contributed by atoms with Crippen LogP contribution in [-0.4, -0.2) is 14.3 Å². The molecule has 2 heterocycles. The number of rotatable bonds is 3. The van der Waals surface area contributed by atoms with E-state index in [0.717, 1.165) is 0 Å². The molecule has 0 saturated heterocycles. The van der Waals surface area contributed by atoms with Gasteiger partial charge in [-0.1, -0.05) is 12.1 Å². The van der Waals surface area contributed by atoms with Crippen LogP contribution in [0.3, 0.4) is 0 Å². The summed E-state index contributed by atoms with van der Waals surface area (Å²) in [6.45, 7) is 0. The molecule has 0 aliphatic rings. The SMILES string of the molecule is O=c1cc(C=Cc2ccccc2[N+](=O)[O-])nc2sccn12. The lowest BCUT2D eigenvalue weighted by Gasteiger charge is -1.97. The first kappa shape index (κ1) is 13.2. The molecule has 1 aromatic carbocycles. The highest BCUT2D eigenvalue weighted by molar-refractivity contribution is 7.15. The number of thiazole rings is 1. The van der Waals surface area contributed by atoms with Gasteiger partial charge in [0.1, 0.15) is 0 Å². The fourth-order valence-electron chi connectivity index (χ4n) is 1.91. The molecule has 0 amide bonds. The number of nitro groups is 1. The van der Waals surface area contributed by atoms with Crippen molar-refractivity contribution >= 4 is 34.1 Å². The van der Waals surface area contributed by atoms with Crippen molar-refractivity contribution in [2.75, 3.05) is 0 Å². The van der Waals surface area contributed by atoms with E-state index in [2.05, 4.69) is 4.98 Å². The molecular weight excluding hydrogens is 290 g/mol. The van der Waals surface area contributed by atoms with Gasteiger partial charge in [0.15, 0.2) is 4.96 Å². The Bertz CT molecular complexity index is 911. The van der Waals surface area contributed by atoms with Gasteiger partial charge >= 0.3 is 0 Å². The maximum Gasteiger partial charge on any atom is 0.276 e. The van der Waals surface area contributed by atoms with Gasteiger partial charge in [-0.3, -0.25) is 19.3 Å². The molecule has 0 radical (unpaired) electrons. The number of benzene rings is 1. The van der Waals surface area contributed by atoms with Gasteiger partial charge in [0.25, 0.3) is 11.2 Å². The first-order valence-electron chi connectivity index (χ1n) is 6.03. The Kier molecular flexibility index (Phi) is 3.33. The van der Waals surface area contributed by atoms with Gasteiger partial charge in [-0.05, 0) is 18.2 Å². The largest absolute Gasteiger partial charge is 0.276 e. The number of aromatic nitrogens is 2. The predicted octanol–water partition coefficient (Wildman–Crippen LogP) is 2.83. The summed E-state index contributed by atoms with van der Waals surface area (Å²) in [7, 11) is 0. The van der Waals surface area contributed by atoms with Crippen molar-refractivity contribution in [2.45, 2.75) is 0 Å². The average molecular weight is 299 g/mol. The van der Waals surface area contributed by atoms with E-state index in [1.165, 1.54) is 27.9 Å². The predicted molar refractivity (Wildman–Crippen MR) is 81.4 cm³/mol. The van der Waals surface area contributed by atoms with Gasteiger partial charge in [0.2, 0.25) is 0 Å². The molecule has 0 fully saturated rings. The quantitative estimate of drug-likeness (QED) is 0.550. The second kappa shape index (κ2) is 5.29. The Hall–Kier alpha value is -2.80. The Morgan fingerprint density at radius 3 is 2.90 bits per heavy atom. The van der Waals surface area contributed by atoms with E-state index < -0.39 is 4.92 Å². The smallest absolute Gasteiger partial charge is 0.269 e. The van der Waals surface area contributed by atoms with Gasteiger partial charge in [0, 0.05) is 23.7 Å². The van der Waals surface area contributed by atoms with Crippen LogP contribution in [0.1, 0.15) is 11.3 Å². The normalized spacial score (nSPS) is 11.2. The molecule has 7 heteroatoms. The molecule has 6 nitrogen and oxygen atoms in total. The van der Waals surface area contributed by atoms with Gasteiger partial charge in [0.05, 0.1) is 16.2 Å². The van der Waals surface area contributed by atoms with E-state index in [1.54, 1.807) is 41.9 Å². The zero-order valence-corrected chi connectivity index (χ0v) is 11.5. The number of hydrogen-bond acceptors (Lipinski definition) is 5. The lowest BCUT2D eigenvalue weighted by molar-refractivity contribution is -0.385. The lowest BCUT2D eigenvalue weighted by Crippen LogP contribution is -2.11. The molecule has 0 aliphatic heterocycles. The molecule has 0 N–H and O–H groups in total. The van der Waals surface area contributed by atoms with Crippen LogP contribution < -0.4 is 5.56 Å². The minimum atomic E-state index is -0.440. The van der Waals surface area contributed by atoms with Crippen molar-refractivity contribution in [3.05, 3.63) is 73.6 Å². The maximum absolute atomic E-state index is 11.8. The summed E-state index contributed by atoms with van der Waals surface area (Å²) >= 11 is 1.36. The van der Waals surface area contributed by atoms with E-state index in [4.69, 9.17) is 0 Å². The summed E-state index contributed by atoms with van der Waals surface area (Å²) in [6, 6.07) is 7.80. The van der Waals surface area contributed by atoms with E-state index in [-0.39, 0.29) is 11.2 Å². The van der Waals surface area contributed by atoms with Crippen LogP contribution in [0, 0.1) is 10.1 Å². The Morgan fingerprint density at radius 1 is 1.29 bits per heavy atom. The highest BCUT2D eigenvalue weighted by atomic mass is 32.1. The molecule has 0 aliphatic carbocycles.